The number of likely N-dealkylation sites (N-methyl/N-ethyl adjacent to an activating group) is 7. The number of allylic oxidation sites excluding steroid dienone is 2. The first-order chi connectivity index (χ1) is 39.5. The molecule has 11 atom stereocenters. The summed E-state index contributed by atoms with van der Waals surface area (Å²) >= 11 is 0. The number of carbonyl (C=O) groups excluding carboxylic acids is 11. The molecule has 0 aliphatic rings. The van der Waals surface area contributed by atoms with Crippen molar-refractivity contribution in [2.24, 2.45) is 35.5 Å². The minimum Gasteiger partial charge on any atom is -0.390 e. The average Bonchev–Trinajstić information content (AvgIpc) is 2.84. The predicted molar refractivity (Wildman–Crippen MR) is 332 cm³/mol. The van der Waals surface area contributed by atoms with Gasteiger partial charge in [-0.25, -0.2) is 0 Å². The molecule has 0 heterocycles. The van der Waals surface area contributed by atoms with Crippen LogP contribution in [0.2, 0.25) is 0 Å². The summed E-state index contributed by atoms with van der Waals surface area (Å²) in [5.74, 6) is -8.45. The maximum absolute atomic E-state index is 14.9. The molecule has 0 rings (SSSR count). The van der Waals surface area contributed by atoms with Crippen molar-refractivity contribution in [1.29, 1.82) is 0 Å². The molecule has 0 aromatic rings. The Morgan fingerprint density at radius 2 is 1.01 bits per heavy atom. The van der Waals surface area contributed by atoms with Crippen molar-refractivity contribution in [2.75, 3.05) is 55.9 Å². The molecule has 0 saturated carbocycles. The van der Waals surface area contributed by atoms with Crippen LogP contribution >= 0.6 is 0 Å². The topological polar surface area (TPSA) is 308 Å². The summed E-state index contributed by atoms with van der Waals surface area (Å²) in [5.41, 5.74) is -1.55. The van der Waals surface area contributed by atoms with E-state index in [9.17, 15) is 63.0 Å². The number of nitrogens with one attached hydrogen (secondary N) is 5. The molecule has 1 unspecified atom stereocenters. The number of nitrogens with zero attached hydrogens (tertiary/aromatic N) is 6. The number of aliphatic hydroxyl groups excluding tert-OH is 1. The van der Waals surface area contributed by atoms with E-state index >= 15 is 0 Å². The van der Waals surface area contributed by atoms with E-state index in [-0.39, 0.29) is 49.3 Å². The monoisotopic (exact) mass is 1220 g/mol. The zero-order valence-electron chi connectivity index (χ0n) is 56.6. The normalized spacial score (nSPS) is 15.7. The Balaban J connectivity index is 6.99. The summed E-state index contributed by atoms with van der Waals surface area (Å²) in [6.07, 6.45) is 3.46. The molecule has 0 saturated heterocycles. The van der Waals surface area contributed by atoms with Gasteiger partial charge >= 0.3 is 0 Å². The van der Waals surface area contributed by atoms with Crippen molar-refractivity contribution < 1.29 is 63.0 Å². The molecule has 86 heavy (non-hydrogen) atoms. The molecule has 0 radical (unpaired) electrons. The molecular formula is C62H113N11O13. The summed E-state index contributed by atoms with van der Waals surface area (Å²) in [6.45, 7) is 28.7. The minimum atomic E-state index is -1.59. The van der Waals surface area contributed by atoms with Crippen molar-refractivity contribution in [2.45, 2.75) is 229 Å². The van der Waals surface area contributed by atoms with Crippen LogP contribution in [0.1, 0.15) is 163 Å². The van der Waals surface area contributed by atoms with E-state index in [1.54, 1.807) is 67.7 Å². The van der Waals surface area contributed by atoms with Crippen molar-refractivity contribution in [3.63, 3.8) is 0 Å². The largest absolute Gasteiger partial charge is 0.390 e. The smallest absolute Gasteiger partial charge is 0.246 e. The highest BCUT2D eigenvalue weighted by molar-refractivity contribution is 5.98. The molecule has 494 valence electrons. The SMILES string of the molecule is C/C=C/C[C@@H](C)[C@@H](O)C(C(=O)N[C@@H](CC)C(=O)N(C)CC(=O)N(C)[C@@H](CC(C)(C)O)C(=O)N[C@H](C(=O)N(C)[C@@H](CC(C)C)C(=O)N[C@H](C)C(=O)N[C@@H](C)C(=O)NC)C(C)C)N(C)C(=O)[C@H](C(C)C)N(C)C(=O)[C@H](CC(C)C)N(C)C(=O)CCC(C)C. The minimum absolute atomic E-state index is 0.00467. The van der Waals surface area contributed by atoms with Gasteiger partial charge in [-0.05, 0) is 102 Å². The van der Waals surface area contributed by atoms with Gasteiger partial charge in [-0.3, -0.25) is 52.7 Å². The van der Waals surface area contributed by atoms with Gasteiger partial charge in [0, 0.05) is 62.2 Å². The molecule has 0 bridgehead atoms. The number of amides is 11. The van der Waals surface area contributed by atoms with Crippen LogP contribution in [0.3, 0.4) is 0 Å². The molecule has 24 heteroatoms. The predicted octanol–water partition coefficient (Wildman–Crippen LogP) is 2.68. The highest BCUT2D eigenvalue weighted by Gasteiger charge is 2.45. The zero-order valence-corrected chi connectivity index (χ0v) is 56.6. The van der Waals surface area contributed by atoms with E-state index in [1.165, 1.54) is 84.7 Å². The second-order valence-corrected chi connectivity index (χ2v) is 26.0. The van der Waals surface area contributed by atoms with Gasteiger partial charge in [0.25, 0.3) is 0 Å². The van der Waals surface area contributed by atoms with Crippen molar-refractivity contribution in [1.82, 2.24) is 56.0 Å². The average molecular weight is 1220 g/mol. The van der Waals surface area contributed by atoms with E-state index in [4.69, 9.17) is 0 Å². The van der Waals surface area contributed by atoms with Gasteiger partial charge in [0.2, 0.25) is 65.0 Å². The Morgan fingerprint density at radius 3 is 1.48 bits per heavy atom. The van der Waals surface area contributed by atoms with E-state index in [0.717, 1.165) is 14.7 Å². The van der Waals surface area contributed by atoms with Gasteiger partial charge in [0.1, 0.15) is 54.4 Å². The maximum atomic E-state index is 14.9. The van der Waals surface area contributed by atoms with Gasteiger partial charge < -0.3 is 66.2 Å². The molecular weight excluding hydrogens is 1110 g/mol. The fraction of sp³-hybridized carbons (Fsp3) is 0.790. The molecule has 0 aromatic heterocycles. The van der Waals surface area contributed by atoms with Gasteiger partial charge in [-0.1, -0.05) is 95.2 Å². The van der Waals surface area contributed by atoms with Crippen LogP contribution in [0.15, 0.2) is 12.2 Å². The quantitative estimate of drug-likeness (QED) is 0.0445. The Bertz CT molecular complexity index is 2300. The lowest BCUT2D eigenvalue weighted by molar-refractivity contribution is -0.156. The second-order valence-electron chi connectivity index (χ2n) is 26.0. The van der Waals surface area contributed by atoms with Crippen LogP contribution in [-0.2, 0) is 52.7 Å². The van der Waals surface area contributed by atoms with E-state index in [2.05, 4.69) is 26.6 Å². The summed E-state index contributed by atoms with van der Waals surface area (Å²) in [5, 5.41) is 36.1. The van der Waals surface area contributed by atoms with Gasteiger partial charge in [0.15, 0.2) is 0 Å². The first kappa shape index (κ1) is 79.8. The molecule has 0 aromatic carbocycles. The van der Waals surface area contributed by atoms with Crippen LogP contribution in [0.4, 0.5) is 0 Å². The van der Waals surface area contributed by atoms with E-state index in [0.29, 0.717) is 19.3 Å². The molecule has 7 N–H and O–H groups in total. The van der Waals surface area contributed by atoms with Gasteiger partial charge in [0.05, 0.1) is 18.2 Å². The molecule has 0 aliphatic heterocycles. The zero-order chi connectivity index (χ0) is 67.2. The fourth-order valence-electron chi connectivity index (χ4n) is 9.94. The summed E-state index contributed by atoms with van der Waals surface area (Å²) < 4.78 is 0. The molecule has 0 fully saturated rings. The van der Waals surface area contributed by atoms with E-state index < -0.39 is 149 Å². The fourth-order valence-corrected chi connectivity index (χ4v) is 9.94. The highest BCUT2D eigenvalue weighted by atomic mass is 16.3. The molecule has 24 nitrogen and oxygen atoms in total. The number of carbonyl (C=O) groups is 11. The van der Waals surface area contributed by atoms with Crippen molar-refractivity contribution in [3.05, 3.63) is 12.2 Å². The lowest BCUT2D eigenvalue weighted by Gasteiger charge is -2.41. The maximum Gasteiger partial charge on any atom is 0.246 e. The highest BCUT2D eigenvalue weighted by Crippen LogP contribution is 2.25. The Kier molecular flexibility index (Phi) is 34.2. The summed E-state index contributed by atoms with van der Waals surface area (Å²) in [4.78, 5) is 161. The summed E-state index contributed by atoms with van der Waals surface area (Å²) in [7, 11) is 9.89. The second kappa shape index (κ2) is 36.9. The molecule has 11 amide bonds. The Hall–Kier alpha value is -6.17. The van der Waals surface area contributed by atoms with Crippen LogP contribution in [0.25, 0.3) is 0 Å². The van der Waals surface area contributed by atoms with Crippen LogP contribution < -0.4 is 26.6 Å². The Labute approximate surface area is 514 Å². The number of aliphatic hydroxyl groups is 2. The first-order valence-corrected chi connectivity index (χ1v) is 30.6. The third kappa shape index (κ3) is 24.9. The van der Waals surface area contributed by atoms with Crippen LogP contribution in [0, 0.1) is 35.5 Å². The third-order valence-electron chi connectivity index (χ3n) is 15.5. The molecule has 0 aliphatic carbocycles. The van der Waals surface area contributed by atoms with Crippen LogP contribution in [0.5, 0.6) is 0 Å². The van der Waals surface area contributed by atoms with Gasteiger partial charge in [-0.2, -0.15) is 0 Å². The lowest BCUT2D eigenvalue weighted by Crippen LogP contribution is -2.63. The van der Waals surface area contributed by atoms with Gasteiger partial charge in [-0.15, -0.1) is 0 Å². The van der Waals surface area contributed by atoms with E-state index in [1.807, 2.05) is 41.5 Å². The first-order valence-electron chi connectivity index (χ1n) is 30.6. The van der Waals surface area contributed by atoms with Crippen molar-refractivity contribution in [3.8, 4) is 0 Å². The standard InChI is InChI=1S/C62H113N11O13/c1-25-27-28-40(13)52(76)51(73(24)61(85)50(39(11)12)72(23)59(83)45(32-37(7)8)69(20)47(74)30-29-35(3)4)57(81)66-43(26-2)58(82)68(19)34-48(75)70(21)46(33-62(16,17)86)56(80)67-49(38(9)10)60(84)71(22)44(31-36(5)6)55(79)65-42(15)54(78)64-41(14)53(77)63-18/h25,27,35-46,49-52,76,86H,26,28-34H2,1-24H3,(H,63,77)(H,64,78)(H,65,79)(H,66,81)(H,67,80)/b27-25+/t40-,41+,42-,43+,44+,45+,46+,49+,50+,51?,52-/m1/s1. The molecule has 0 spiro atoms. The number of hydrogen-bond donors (Lipinski definition) is 7. The summed E-state index contributed by atoms with van der Waals surface area (Å²) in [6, 6.07) is -10.7. The number of rotatable bonds is 36. The third-order valence-corrected chi connectivity index (χ3v) is 15.5. The lowest BCUT2D eigenvalue weighted by atomic mass is 9.91. The Morgan fingerprint density at radius 1 is 0.523 bits per heavy atom. The number of hydrogen-bond acceptors (Lipinski definition) is 13. The van der Waals surface area contributed by atoms with Crippen LogP contribution in [-0.4, -0.2) is 227 Å². The van der Waals surface area contributed by atoms with Crippen molar-refractivity contribution >= 4 is 65.0 Å².